The summed E-state index contributed by atoms with van der Waals surface area (Å²) in [5, 5.41) is 2.30. The molecule has 4 aromatic heterocycles. The van der Waals surface area contributed by atoms with E-state index in [2.05, 4.69) is 225 Å². The molecule has 0 fully saturated rings. The van der Waals surface area contributed by atoms with Crippen LogP contribution in [0, 0.1) is 13.8 Å². The largest absolute Gasteiger partial charge is 0.294 e. The highest BCUT2D eigenvalue weighted by atomic mass is 15.3. The minimum absolute atomic E-state index is 0.00461. The Bertz CT molecular complexity index is 3370. The molecule has 0 aliphatic carbocycles. The van der Waals surface area contributed by atoms with Crippen LogP contribution in [0.15, 0.2) is 152 Å². The summed E-state index contributed by atoms with van der Waals surface area (Å²) in [5.74, 6) is 2.58. The van der Waals surface area contributed by atoms with E-state index in [9.17, 15) is 0 Å². The van der Waals surface area contributed by atoms with Gasteiger partial charge in [-0.1, -0.05) is 149 Å². The molecule has 5 heterocycles. The Balaban J connectivity index is 1.24. The quantitative estimate of drug-likeness (QED) is 0.167. The second-order valence-electron chi connectivity index (χ2n) is 18.9. The van der Waals surface area contributed by atoms with Crippen molar-refractivity contribution in [2.24, 2.45) is 0 Å². The van der Waals surface area contributed by atoms with Crippen molar-refractivity contribution < 1.29 is 0 Å². The van der Waals surface area contributed by atoms with Crippen molar-refractivity contribution in [1.29, 1.82) is 0 Å². The van der Waals surface area contributed by atoms with Crippen molar-refractivity contribution in [2.75, 3.05) is 4.90 Å². The maximum atomic E-state index is 5.80. The van der Waals surface area contributed by atoms with Crippen LogP contribution in [-0.4, -0.2) is 30.2 Å². The van der Waals surface area contributed by atoms with Crippen LogP contribution in [0.1, 0.15) is 63.8 Å². The van der Waals surface area contributed by atoms with E-state index in [-0.39, 0.29) is 17.5 Å². The highest BCUT2D eigenvalue weighted by Crippen LogP contribution is 2.40. The van der Waals surface area contributed by atoms with E-state index in [1.54, 1.807) is 0 Å². The molecule has 0 amide bonds. The number of hydrogen-bond acceptors (Lipinski definition) is 3. The number of benzene rings is 6. The van der Waals surface area contributed by atoms with Gasteiger partial charge in [-0.3, -0.25) is 18.4 Å². The number of para-hydroxylation sites is 4. The highest BCUT2D eigenvalue weighted by Gasteiger charge is 2.42. The molecule has 1 aliphatic rings. The van der Waals surface area contributed by atoms with Crippen LogP contribution >= 0.6 is 0 Å². The molecule has 0 saturated carbocycles. The van der Waals surface area contributed by atoms with E-state index in [0.29, 0.717) is 0 Å². The average Bonchev–Trinajstić information content (AvgIpc) is 3.89. The lowest BCUT2D eigenvalue weighted by Crippen LogP contribution is -2.60. The van der Waals surface area contributed by atoms with Crippen molar-refractivity contribution >= 4 is 79.3 Å². The standard InChI is InChI=1S/C54H49BN6/c1-34-18-15-19-35(2)48(34)55-42-25-10-12-27-44(42)60(47-31-30-41-40-24-9-11-26-43(40)58(50(41)56-47)38-22-16-20-36(32-38)53(3,4)5)51-49(55)61-46-29-14-13-28-45(46)59(52(61)57-51)39-23-17-21-37(33-39)54(6,7)8/h9-33H,1-8H3. The Labute approximate surface area is 357 Å². The number of hydrogen-bond donors (Lipinski definition) is 0. The molecular formula is C54H49BN6. The summed E-state index contributed by atoms with van der Waals surface area (Å²) < 4.78 is 7.12. The minimum atomic E-state index is -0.0888. The maximum Gasteiger partial charge on any atom is 0.270 e. The molecule has 61 heavy (non-hydrogen) atoms. The number of rotatable bonds is 4. The van der Waals surface area contributed by atoms with E-state index in [4.69, 9.17) is 9.97 Å². The molecule has 10 aromatic rings. The Hall–Kier alpha value is -6.86. The normalized spacial score (nSPS) is 13.2. The van der Waals surface area contributed by atoms with Crippen LogP contribution in [0.25, 0.3) is 50.1 Å². The average molecular weight is 793 g/mol. The molecule has 7 heteroatoms. The summed E-state index contributed by atoms with van der Waals surface area (Å²) in [7, 11) is 0. The number of fused-ring (bicyclic) bond motifs is 9. The molecule has 0 radical (unpaired) electrons. The summed E-state index contributed by atoms with van der Waals surface area (Å²) in [5.41, 5.74) is 16.3. The molecule has 0 bridgehead atoms. The predicted molar refractivity (Wildman–Crippen MR) is 257 cm³/mol. The van der Waals surface area contributed by atoms with Crippen molar-refractivity contribution in [2.45, 2.75) is 66.2 Å². The fourth-order valence-corrected chi connectivity index (χ4v) is 9.87. The first kappa shape index (κ1) is 37.2. The van der Waals surface area contributed by atoms with Gasteiger partial charge in [0.1, 0.15) is 11.5 Å². The van der Waals surface area contributed by atoms with Gasteiger partial charge in [-0.15, -0.1) is 0 Å². The number of anilines is 3. The number of aromatic nitrogens is 5. The van der Waals surface area contributed by atoms with Crippen molar-refractivity contribution in [3.05, 3.63) is 174 Å². The number of aryl methyl sites for hydroxylation is 2. The third kappa shape index (κ3) is 5.63. The second-order valence-corrected chi connectivity index (χ2v) is 18.9. The summed E-state index contributed by atoms with van der Waals surface area (Å²) in [6, 6.07) is 55.3. The fourth-order valence-electron chi connectivity index (χ4n) is 9.87. The first-order chi connectivity index (χ1) is 29.4. The van der Waals surface area contributed by atoms with E-state index in [1.165, 1.54) is 38.6 Å². The van der Waals surface area contributed by atoms with Crippen molar-refractivity contribution in [3.8, 4) is 11.4 Å². The molecular weight excluding hydrogens is 743 g/mol. The molecule has 0 N–H and O–H groups in total. The van der Waals surface area contributed by atoms with Crippen LogP contribution in [-0.2, 0) is 10.8 Å². The molecule has 11 rings (SSSR count). The van der Waals surface area contributed by atoms with Gasteiger partial charge in [-0.2, -0.15) is 4.98 Å². The first-order valence-corrected chi connectivity index (χ1v) is 21.5. The third-order valence-electron chi connectivity index (χ3n) is 12.9. The summed E-state index contributed by atoms with van der Waals surface area (Å²) >= 11 is 0. The van der Waals surface area contributed by atoms with Gasteiger partial charge in [-0.05, 0) is 102 Å². The molecule has 6 aromatic carbocycles. The van der Waals surface area contributed by atoms with Gasteiger partial charge >= 0.3 is 0 Å². The molecule has 6 nitrogen and oxygen atoms in total. The molecule has 1 aliphatic heterocycles. The van der Waals surface area contributed by atoms with Crippen LogP contribution < -0.4 is 21.4 Å². The van der Waals surface area contributed by atoms with Gasteiger partial charge in [0, 0.05) is 33.4 Å². The summed E-state index contributed by atoms with van der Waals surface area (Å²) in [6.07, 6.45) is 0. The third-order valence-corrected chi connectivity index (χ3v) is 12.9. The molecule has 0 saturated heterocycles. The zero-order valence-corrected chi connectivity index (χ0v) is 36.2. The zero-order chi connectivity index (χ0) is 41.9. The van der Waals surface area contributed by atoms with Crippen LogP contribution in [0.5, 0.6) is 0 Å². The monoisotopic (exact) mass is 792 g/mol. The molecule has 0 spiro atoms. The lowest BCUT2D eigenvalue weighted by Gasteiger charge is -2.34. The first-order valence-electron chi connectivity index (χ1n) is 21.5. The molecule has 298 valence electrons. The molecule has 0 unspecified atom stereocenters. The van der Waals surface area contributed by atoms with Crippen LogP contribution in [0.3, 0.4) is 0 Å². The van der Waals surface area contributed by atoms with Crippen LogP contribution in [0.2, 0.25) is 0 Å². The fraction of sp³-hybridized carbons (Fsp3) is 0.185. The van der Waals surface area contributed by atoms with Gasteiger partial charge in [0.25, 0.3) is 6.71 Å². The van der Waals surface area contributed by atoms with Gasteiger partial charge in [0.15, 0.2) is 5.82 Å². The minimum Gasteiger partial charge on any atom is -0.294 e. The number of nitrogens with zero attached hydrogens (tertiary/aromatic N) is 6. The van der Waals surface area contributed by atoms with E-state index in [0.717, 1.165) is 67.7 Å². The highest BCUT2D eigenvalue weighted by molar-refractivity contribution is 6.98. The van der Waals surface area contributed by atoms with Gasteiger partial charge < -0.3 is 0 Å². The van der Waals surface area contributed by atoms with Gasteiger partial charge in [-0.25, -0.2) is 4.98 Å². The number of imidazole rings is 2. The van der Waals surface area contributed by atoms with Gasteiger partial charge in [0.2, 0.25) is 5.78 Å². The Morgan fingerprint density at radius 3 is 1.79 bits per heavy atom. The lowest BCUT2D eigenvalue weighted by molar-refractivity contribution is 0.589. The lowest BCUT2D eigenvalue weighted by atomic mass is 9.35. The van der Waals surface area contributed by atoms with Crippen LogP contribution in [0.4, 0.5) is 17.3 Å². The molecule has 0 atom stereocenters. The van der Waals surface area contributed by atoms with Gasteiger partial charge in [0.05, 0.1) is 16.6 Å². The van der Waals surface area contributed by atoms with E-state index in [1.807, 2.05) is 0 Å². The Morgan fingerprint density at radius 1 is 0.508 bits per heavy atom. The predicted octanol–water partition coefficient (Wildman–Crippen LogP) is 11.3. The Morgan fingerprint density at radius 2 is 1.10 bits per heavy atom. The van der Waals surface area contributed by atoms with Crippen molar-refractivity contribution in [3.63, 3.8) is 0 Å². The maximum absolute atomic E-state index is 5.80. The second kappa shape index (κ2) is 13.3. The summed E-state index contributed by atoms with van der Waals surface area (Å²) in [6.45, 7) is 18.1. The number of pyridine rings is 1. The SMILES string of the molecule is Cc1cccc(C)c1B1c2ccccc2N(c2ccc3c4ccccc4n(-c4cccc(C(C)(C)C)c4)c3n2)c2nc3n(-c4cccc(C(C)(C)C)c4)c4ccccc4n3c21. The Kier molecular flexibility index (Phi) is 8.12. The smallest absolute Gasteiger partial charge is 0.270 e. The van der Waals surface area contributed by atoms with Crippen molar-refractivity contribution in [1.82, 2.24) is 23.5 Å². The topological polar surface area (TPSA) is 43.3 Å². The summed E-state index contributed by atoms with van der Waals surface area (Å²) in [4.78, 5) is 13.8. The van der Waals surface area contributed by atoms with E-state index >= 15 is 0 Å². The van der Waals surface area contributed by atoms with E-state index < -0.39 is 0 Å². The zero-order valence-electron chi connectivity index (χ0n) is 36.2.